The van der Waals surface area contributed by atoms with Crippen LogP contribution in [0, 0.1) is 12.7 Å². The maximum Gasteiger partial charge on any atom is 0.270 e. The fourth-order valence-electron chi connectivity index (χ4n) is 3.39. The van der Waals surface area contributed by atoms with Crippen LogP contribution in [0.3, 0.4) is 0 Å². The molecule has 1 aromatic carbocycles. The number of carbonyl (C=O) groups is 1. The van der Waals surface area contributed by atoms with E-state index in [1.165, 1.54) is 13.2 Å². The quantitative estimate of drug-likeness (QED) is 0.652. The minimum Gasteiger partial charge on any atom is -0.494 e. The summed E-state index contributed by atoms with van der Waals surface area (Å²) in [7, 11) is 1.39. The zero-order valence-corrected chi connectivity index (χ0v) is 17.1. The topological polar surface area (TPSA) is 102 Å². The number of aryl methyl sites for hydroxylation is 1. The fraction of sp³-hybridized carbons (Fsp3) is 0.273. The van der Waals surface area contributed by atoms with Gasteiger partial charge in [0.25, 0.3) is 5.91 Å². The number of methoxy groups -OCH3 is 1. The van der Waals surface area contributed by atoms with Crippen LogP contribution in [0.1, 0.15) is 51.6 Å². The van der Waals surface area contributed by atoms with Crippen molar-refractivity contribution in [3.63, 3.8) is 0 Å². The summed E-state index contributed by atoms with van der Waals surface area (Å²) in [4.78, 5) is 25.5. The van der Waals surface area contributed by atoms with E-state index in [1.54, 1.807) is 37.5 Å². The lowest BCUT2D eigenvalue weighted by molar-refractivity contribution is 0.0945. The molecule has 3 heterocycles. The zero-order valence-electron chi connectivity index (χ0n) is 17.1. The Morgan fingerprint density at radius 1 is 1.19 bits per heavy atom. The first-order valence-corrected chi connectivity index (χ1v) is 9.79. The van der Waals surface area contributed by atoms with Crippen molar-refractivity contribution in [1.82, 2.24) is 20.3 Å². The average Bonchev–Trinajstić information content (AvgIpc) is 3.29. The Morgan fingerprint density at radius 2 is 2.03 bits per heavy atom. The molecule has 0 fully saturated rings. The van der Waals surface area contributed by atoms with Gasteiger partial charge in [0, 0.05) is 25.4 Å². The molecule has 31 heavy (non-hydrogen) atoms. The Labute approximate surface area is 178 Å². The normalized spacial score (nSPS) is 17.5. The van der Waals surface area contributed by atoms with Crippen molar-refractivity contribution in [3.05, 3.63) is 82.9 Å². The lowest BCUT2D eigenvalue weighted by Gasteiger charge is -2.11. The highest BCUT2D eigenvalue weighted by Gasteiger charge is 2.27. The summed E-state index contributed by atoms with van der Waals surface area (Å²) in [5.74, 6) is -0.203. The van der Waals surface area contributed by atoms with Crippen molar-refractivity contribution < 1.29 is 13.9 Å². The molecule has 0 saturated carbocycles. The predicted octanol–water partition coefficient (Wildman–Crippen LogP) is 3.90. The van der Waals surface area contributed by atoms with E-state index in [0.29, 0.717) is 23.5 Å². The van der Waals surface area contributed by atoms with E-state index in [0.717, 1.165) is 5.56 Å². The third kappa shape index (κ3) is 4.71. The van der Waals surface area contributed by atoms with Crippen molar-refractivity contribution in [2.45, 2.75) is 32.0 Å². The van der Waals surface area contributed by atoms with Crippen molar-refractivity contribution in [3.8, 4) is 5.75 Å². The van der Waals surface area contributed by atoms with Gasteiger partial charge in [-0.1, -0.05) is 12.1 Å². The highest BCUT2D eigenvalue weighted by molar-refractivity contribution is 5.92. The first-order valence-electron chi connectivity index (χ1n) is 9.79. The van der Waals surface area contributed by atoms with Crippen molar-refractivity contribution in [1.29, 1.82) is 0 Å². The van der Waals surface area contributed by atoms with E-state index in [4.69, 9.17) is 4.74 Å². The van der Waals surface area contributed by atoms with Crippen molar-refractivity contribution >= 4 is 5.91 Å². The number of nitrogens with zero attached hydrogens (tertiary/aromatic N) is 5. The summed E-state index contributed by atoms with van der Waals surface area (Å²) in [5, 5.41) is 11.5. The number of benzene rings is 1. The smallest absolute Gasteiger partial charge is 0.270 e. The predicted molar refractivity (Wildman–Crippen MR) is 110 cm³/mol. The summed E-state index contributed by atoms with van der Waals surface area (Å²) in [6, 6.07) is 9.58. The van der Waals surface area contributed by atoms with Gasteiger partial charge in [0.05, 0.1) is 18.8 Å². The summed E-state index contributed by atoms with van der Waals surface area (Å²) in [6.45, 7) is 1.94. The van der Waals surface area contributed by atoms with Gasteiger partial charge < -0.3 is 10.1 Å². The number of carbonyl (C=O) groups excluding carboxylic acids is 1. The summed E-state index contributed by atoms with van der Waals surface area (Å²) in [6.07, 6.45) is 4.15. The molecule has 1 aliphatic rings. The van der Waals surface area contributed by atoms with E-state index in [1.807, 2.05) is 12.1 Å². The first-order chi connectivity index (χ1) is 15.0. The third-order valence-corrected chi connectivity index (χ3v) is 4.96. The Hall–Kier alpha value is -3.75. The van der Waals surface area contributed by atoms with E-state index in [9.17, 15) is 9.18 Å². The van der Waals surface area contributed by atoms with Gasteiger partial charge in [-0.3, -0.25) is 9.78 Å². The molecule has 158 valence electrons. The average molecular weight is 420 g/mol. The number of ether oxygens (including phenoxy) is 1. The molecule has 1 amide bonds. The number of hydrogen-bond acceptors (Lipinski definition) is 7. The number of amides is 1. The van der Waals surface area contributed by atoms with Gasteiger partial charge in [0.15, 0.2) is 11.6 Å². The van der Waals surface area contributed by atoms with Crippen LogP contribution >= 0.6 is 0 Å². The van der Waals surface area contributed by atoms with Crippen LogP contribution in [0.2, 0.25) is 0 Å². The molecule has 2 unspecified atom stereocenters. The van der Waals surface area contributed by atoms with Crippen molar-refractivity contribution in [2.24, 2.45) is 10.2 Å². The van der Waals surface area contributed by atoms with Gasteiger partial charge in [-0.15, -0.1) is 0 Å². The fourth-order valence-corrected chi connectivity index (χ4v) is 3.39. The lowest BCUT2D eigenvalue weighted by atomic mass is 10.0. The van der Waals surface area contributed by atoms with Gasteiger partial charge in [-0.2, -0.15) is 10.2 Å². The second-order valence-corrected chi connectivity index (χ2v) is 7.16. The first kappa shape index (κ1) is 20.5. The highest BCUT2D eigenvalue weighted by atomic mass is 19.1. The highest BCUT2D eigenvalue weighted by Crippen LogP contribution is 2.37. The SMILES string of the molecule is COc1cc(CNC(=O)c2cc(C3CC(c4cccnc4)N=N3)nc(C)n2)ccc1F. The molecule has 0 bridgehead atoms. The number of azo groups is 1. The molecule has 3 aromatic rings. The van der Waals surface area contributed by atoms with Crippen molar-refractivity contribution in [2.75, 3.05) is 7.11 Å². The molecular weight excluding hydrogens is 399 g/mol. The molecule has 2 aromatic heterocycles. The number of rotatable bonds is 6. The second kappa shape index (κ2) is 8.95. The van der Waals surface area contributed by atoms with Crippen LogP contribution in [0.15, 0.2) is 59.0 Å². The second-order valence-electron chi connectivity index (χ2n) is 7.16. The lowest BCUT2D eigenvalue weighted by Crippen LogP contribution is -2.24. The van der Waals surface area contributed by atoms with Gasteiger partial charge >= 0.3 is 0 Å². The van der Waals surface area contributed by atoms with Crippen LogP contribution in [0.5, 0.6) is 5.75 Å². The summed E-state index contributed by atoms with van der Waals surface area (Å²) in [5.41, 5.74) is 2.60. The number of aromatic nitrogens is 3. The molecule has 8 nitrogen and oxygen atoms in total. The third-order valence-electron chi connectivity index (χ3n) is 4.96. The monoisotopic (exact) mass is 420 g/mol. The standard InChI is InChI=1S/C22H21FN6O2/c1-13-26-18(19-9-17(28-29-19)15-4-3-7-24-12-15)10-20(27-13)22(30)25-11-14-5-6-16(23)21(8-14)31-2/h3-8,10,12,17,19H,9,11H2,1-2H3,(H,25,30). The summed E-state index contributed by atoms with van der Waals surface area (Å²) < 4.78 is 18.5. The molecule has 0 aliphatic carbocycles. The van der Waals surface area contributed by atoms with E-state index >= 15 is 0 Å². The number of halogens is 1. The maximum absolute atomic E-state index is 13.6. The van der Waals surface area contributed by atoms with Gasteiger partial charge in [0.2, 0.25) is 0 Å². The van der Waals surface area contributed by atoms with E-state index in [2.05, 4.69) is 30.5 Å². The van der Waals surface area contributed by atoms with Crippen LogP contribution in [0.4, 0.5) is 4.39 Å². The summed E-state index contributed by atoms with van der Waals surface area (Å²) >= 11 is 0. The Bertz CT molecular complexity index is 1120. The van der Waals surface area contributed by atoms with E-state index < -0.39 is 5.82 Å². The molecule has 1 aliphatic heterocycles. The van der Waals surface area contributed by atoms with Gasteiger partial charge in [-0.25, -0.2) is 14.4 Å². The van der Waals surface area contributed by atoms with E-state index in [-0.39, 0.29) is 36.0 Å². The molecule has 2 atom stereocenters. The Morgan fingerprint density at radius 3 is 2.81 bits per heavy atom. The largest absolute Gasteiger partial charge is 0.494 e. The van der Waals surface area contributed by atoms with Crippen LogP contribution in [-0.2, 0) is 6.54 Å². The minimum atomic E-state index is -0.455. The molecule has 0 spiro atoms. The molecular formula is C22H21FN6O2. The molecule has 4 rings (SSSR count). The Balaban J connectivity index is 1.45. The van der Waals surface area contributed by atoms with Gasteiger partial charge in [0.1, 0.15) is 17.6 Å². The van der Waals surface area contributed by atoms with Crippen LogP contribution < -0.4 is 10.1 Å². The van der Waals surface area contributed by atoms with Crippen LogP contribution in [-0.4, -0.2) is 28.0 Å². The van der Waals surface area contributed by atoms with Crippen LogP contribution in [0.25, 0.3) is 0 Å². The molecule has 1 N–H and O–H groups in total. The zero-order chi connectivity index (χ0) is 21.8. The molecule has 0 saturated heterocycles. The number of nitrogens with one attached hydrogen (secondary N) is 1. The number of pyridine rings is 1. The minimum absolute atomic E-state index is 0.0836. The number of hydrogen-bond donors (Lipinski definition) is 1. The maximum atomic E-state index is 13.6. The van der Waals surface area contributed by atoms with Gasteiger partial charge in [-0.05, 0) is 42.3 Å². The molecule has 9 heteroatoms. The Kier molecular flexibility index (Phi) is 5.92. The molecule has 0 radical (unpaired) electrons.